The van der Waals surface area contributed by atoms with Gasteiger partial charge < -0.3 is 15.2 Å². The molecule has 0 fully saturated rings. The van der Waals surface area contributed by atoms with E-state index in [2.05, 4.69) is 10.3 Å². The van der Waals surface area contributed by atoms with Crippen molar-refractivity contribution in [3.8, 4) is 5.88 Å². The largest absolute Gasteiger partial charge is 0.474 e. The number of aliphatic hydroxyl groups excluding tert-OH is 1. The Hall–Kier alpha value is -2.56. The number of hydrogen-bond donors (Lipinski definition) is 2. The molecule has 0 bridgehead atoms. The van der Waals surface area contributed by atoms with E-state index in [0.29, 0.717) is 0 Å². The second-order valence-corrected chi connectivity index (χ2v) is 10.1. The Kier molecular flexibility index (Phi) is 6.69. The second-order valence-electron chi connectivity index (χ2n) is 7.00. The number of nitrogens with zero attached hydrogens (tertiary/aromatic N) is 2. The second kappa shape index (κ2) is 9.36. The van der Waals surface area contributed by atoms with Gasteiger partial charge in [-0.25, -0.2) is 13.4 Å². The zero-order valence-electron chi connectivity index (χ0n) is 16.7. The predicted molar refractivity (Wildman–Crippen MR) is 126 cm³/mol. The van der Waals surface area contributed by atoms with Crippen LogP contribution in [0.4, 0.5) is 11.4 Å². The molecule has 1 aromatic heterocycles. The van der Waals surface area contributed by atoms with Crippen molar-refractivity contribution in [3.63, 3.8) is 0 Å². The Bertz CT molecular complexity index is 1320. The summed E-state index contributed by atoms with van der Waals surface area (Å²) in [7, 11) is -4.16. The van der Waals surface area contributed by atoms with Crippen LogP contribution in [0.3, 0.4) is 0 Å². The zero-order chi connectivity index (χ0) is 23.8. The number of nitrogens with one attached hydrogen (secondary N) is 1. The van der Waals surface area contributed by atoms with Crippen LogP contribution >= 0.6 is 34.8 Å². The quantitative estimate of drug-likeness (QED) is 0.513. The molecule has 8 nitrogen and oxygen atoms in total. The van der Waals surface area contributed by atoms with E-state index in [1.54, 1.807) is 12.1 Å². The minimum atomic E-state index is -4.16. The van der Waals surface area contributed by atoms with Crippen LogP contribution in [0.2, 0.25) is 15.1 Å². The van der Waals surface area contributed by atoms with Crippen molar-refractivity contribution in [1.82, 2.24) is 4.98 Å². The lowest BCUT2D eigenvalue weighted by atomic mass is 10.2. The van der Waals surface area contributed by atoms with Crippen LogP contribution in [0.15, 0.2) is 59.6 Å². The number of pyridine rings is 1. The van der Waals surface area contributed by atoms with E-state index >= 15 is 0 Å². The van der Waals surface area contributed by atoms with Gasteiger partial charge in [0.2, 0.25) is 5.88 Å². The van der Waals surface area contributed by atoms with Gasteiger partial charge in [0.25, 0.3) is 15.9 Å². The third-order valence-corrected chi connectivity index (χ3v) is 7.55. The van der Waals surface area contributed by atoms with Gasteiger partial charge in [-0.15, -0.1) is 0 Å². The number of benzene rings is 2. The number of sulfonamides is 1. The first kappa shape index (κ1) is 23.6. The Balaban J connectivity index is 1.75. The van der Waals surface area contributed by atoms with Gasteiger partial charge in [0.15, 0.2) is 0 Å². The van der Waals surface area contributed by atoms with E-state index in [1.165, 1.54) is 42.6 Å². The molecule has 0 spiro atoms. The summed E-state index contributed by atoms with van der Waals surface area (Å²) in [6, 6.07) is 10.9. The SMILES string of the molecule is O=C(Nc1cnc2c(c1)N(S(=O)(=O)c1cccc(Cl)c1)[C@H](CO)CO2)c1c(Cl)cccc1Cl. The van der Waals surface area contributed by atoms with Gasteiger partial charge in [-0.3, -0.25) is 9.10 Å². The summed E-state index contributed by atoms with van der Waals surface area (Å²) in [5, 5.41) is 13.0. The van der Waals surface area contributed by atoms with Gasteiger partial charge in [-0.2, -0.15) is 0 Å². The third-order valence-electron chi connectivity index (χ3n) is 4.83. The first-order valence-electron chi connectivity index (χ1n) is 9.51. The van der Waals surface area contributed by atoms with Crippen LogP contribution in [0.1, 0.15) is 10.4 Å². The number of anilines is 2. The number of carbonyl (C=O) groups is 1. The lowest BCUT2D eigenvalue weighted by molar-refractivity contribution is 0.102. The molecule has 2 N–H and O–H groups in total. The Morgan fingerprint density at radius 2 is 1.85 bits per heavy atom. The number of aromatic nitrogens is 1. The molecule has 1 atom stereocenters. The van der Waals surface area contributed by atoms with Crippen molar-refractivity contribution in [1.29, 1.82) is 0 Å². The summed E-state index contributed by atoms with van der Waals surface area (Å²) in [5.41, 5.74) is 0.276. The van der Waals surface area contributed by atoms with Gasteiger partial charge >= 0.3 is 0 Å². The topological polar surface area (TPSA) is 109 Å². The monoisotopic (exact) mass is 527 g/mol. The van der Waals surface area contributed by atoms with Crippen molar-refractivity contribution in [2.75, 3.05) is 22.8 Å². The first-order chi connectivity index (χ1) is 15.7. The first-order valence-corrected chi connectivity index (χ1v) is 12.1. The molecule has 1 amide bonds. The fourth-order valence-corrected chi connectivity index (χ4v) is 5.81. The summed E-state index contributed by atoms with van der Waals surface area (Å²) >= 11 is 18.2. The molecule has 0 saturated heterocycles. The van der Waals surface area contributed by atoms with Crippen molar-refractivity contribution in [2.24, 2.45) is 0 Å². The molecule has 0 unspecified atom stereocenters. The van der Waals surface area contributed by atoms with Crippen LogP contribution in [0.5, 0.6) is 5.88 Å². The fraction of sp³-hybridized carbons (Fsp3) is 0.143. The number of aliphatic hydroxyl groups is 1. The van der Waals surface area contributed by atoms with E-state index in [4.69, 9.17) is 39.5 Å². The summed E-state index contributed by atoms with van der Waals surface area (Å²) < 4.78 is 33.5. The van der Waals surface area contributed by atoms with Crippen molar-refractivity contribution < 1.29 is 23.1 Å². The predicted octanol–water partition coefficient (Wildman–Crippen LogP) is 4.24. The number of carbonyl (C=O) groups excluding carboxylic acids is 1. The van der Waals surface area contributed by atoms with Crippen LogP contribution in [-0.4, -0.2) is 43.7 Å². The molecule has 0 saturated carbocycles. The van der Waals surface area contributed by atoms with Gasteiger partial charge in [0.1, 0.15) is 18.3 Å². The maximum absolute atomic E-state index is 13.5. The molecule has 2 heterocycles. The highest BCUT2D eigenvalue weighted by Gasteiger charge is 2.38. The number of halogens is 3. The summed E-state index contributed by atoms with van der Waals surface area (Å²) in [6.07, 6.45) is 1.31. The van der Waals surface area contributed by atoms with Crippen LogP contribution in [0.25, 0.3) is 0 Å². The van der Waals surface area contributed by atoms with Crippen molar-refractivity contribution in [2.45, 2.75) is 10.9 Å². The summed E-state index contributed by atoms with van der Waals surface area (Å²) in [4.78, 5) is 16.8. The maximum atomic E-state index is 13.5. The van der Waals surface area contributed by atoms with E-state index in [1.807, 2.05) is 0 Å². The summed E-state index contributed by atoms with van der Waals surface area (Å²) in [5.74, 6) is -0.578. The number of amides is 1. The normalized spacial score (nSPS) is 15.5. The minimum Gasteiger partial charge on any atom is -0.474 e. The molecule has 0 aliphatic carbocycles. The Labute approximate surface area is 204 Å². The highest BCUT2D eigenvalue weighted by atomic mass is 35.5. The van der Waals surface area contributed by atoms with E-state index in [9.17, 15) is 18.3 Å². The maximum Gasteiger partial charge on any atom is 0.265 e. The molecule has 172 valence electrons. The van der Waals surface area contributed by atoms with Gasteiger partial charge in [0, 0.05) is 5.02 Å². The third kappa shape index (κ3) is 4.60. The van der Waals surface area contributed by atoms with Crippen LogP contribution < -0.4 is 14.4 Å². The number of hydrogen-bond acceptors (Lipinski definition) is 6. The van der Waals surface area contributed by atoms with E-state index < -0.39 is 28.6 Å². The number of fused-ring (bicyclic) bond motifs is 1. The van der Waals surface area contributed by atoms with Crippen molar-refractivity contribution in [3.05, 3.63) is 75.4 Å². The van der Waals surface area contributed by atoms with E-state index in [-0.39, 0.29) is 49.4 Å². The smallest absolute Gasteiger partial charge is 0.265 e. The standard InChI is InChI=1S/C21H16Cl3N3O5S/c22-12-3-1-4-15(7-12)33(30,31)27-14(10-28)11-32-21-18(27)8-13(9-25-21)26-20(29)19-16(23)5-2-6-17(19)24/h1-9,14,28H,10-11H2,(H,26,29)/t14-/m1/s1. The highest BCUT2D eigenvalue weighted by molar-refractivity contribution is 7.92. The molecular weight excluding hydrogens is 513 g/mol. The average molecular weight is 529 g/mol. The van der Waals surface area contributed by atoms with Gasteiger partial charge in [-0.05, 0) is 36.4 Å². The molecule has 4 rings (SSSR count). The molecule has 0 radical (unpaired) electrons. The van der Waals surface area contributed by atoms with Gasteiger partial charge in [0.05, 0.1) is 39.0 Å². The summed E-state index contributed by atoms with van der Waals surface area (Å²) in [6.45, 7) is -0.623. The molecule has 12 heteroatoms. The van der Waals surface area contributed by atoms with E-state index in [0.717, 1.165) is 4.31 Å². The molecular formula is C21H16Cl3N3O5S. The van der Waals surface area contributed by atoms with Crippen molar-refractivity contribution >= 4 is 62.1 Å². The lowest BCUT2D eigenvalue weighted by Crippen LogP contribution is -2.49. The lowest BCUT2D eigenvalue weighted by Gasteiger charge is -2.36. The minimum absolute atomic E-state index is 0.0269. The average Bonchev–Trinajstić information content (AvgIpc) is 2.78. The number of rotatable bonds is 5. The fourth-order valence-electron chi connectivity index (χ4n) is 3.32. The zero-order valence-corrected chi connectivity index (χ0v) is 19.8. The molecule has 1 aliphatic heterocycles. The van der Waals surface area contributed by atoms with Crippen LogP contribution in [-0.2, 0) is 10.0 Å². The van der Waals surface area contributed by atoms with Crippen LogP contribution in [0, 0.1) is 0 Å². The molecule has 2 aromatic carbocycles. The molecule has 3 aromatic rings. The molecule has 1 aliphatic rings. The Morgan fingerprint density at radius 1 is 1.15 bits per heavy atom. The number of ether oxygens (including phenoxy) is 1. The highest BCUT2D eigenvalue weighted by Crippen LogP contribution is 2.38. The Morgan fingerprint density at radius 3 is 2.52 bits per heavy atom. The van der Waals surface area contributed by atoms with Gasteiger partial charge in [-0.1, -0.05) is 46.9 Å². The molecule has 33 heavy (non-hydrogen) atoms.